The summed E-state index contributed by atoms with van der Waals surface area (Å²) in [6, 6.07) is 11.6. The van der Waals surface area contributed by atoms with Crippen molar-refractivity contribution in [2.75, 3.05) is 14.2 Å². The maximum atomic E-state index is 12.2. The van der Waals surface area contributed by atoms with Gasteiger partial charge < -0.3 is 28.9 Å². The van der Waals surface area contributed by atoms with E-state index < -0.39 is 6.16 Å². The molecular formula is C25H24N4O5. The average Bonchev–Trinajstić information content (AvgIpc) is 3.41. The number of aromatic nitrogens is 4. The van der Waals surface area contributed by atoms with Crippen LogP contribution in [0.3, 0.4) is 0 Å². The molecule has 0 unspecified atom stereocenters. The van der Waals surface area contributed by atoms with Crippen molar-refractivity contribution < 1.29 is 23.7 Å². The van der Waals surface area contributed by atoms with E-state index in [1.165, 1.54) is 0 Å². The summed E-state index contributed by atoms with van der Waals surface area (Å²) in [4.78, 5) is 28.2. The van der Waals surface area contributed by atoms with E-state index in [0.717, 1.165) is 44.2 Å². The van der Waals surface area contributed by atoms with Gasteiger partial charge in [-0.2, -0.15) is 0 Å². The fourth-order valence-electron chi connectivity index (χ4n) is 4.13. The van der Waals surface area contributed by atoms with Gasteiger partial charge in [-0.05, 0) is 38.1 Å². The smallest absolute Gasteiger partial charge is 0.496 e. The van der Waals surface area contributed by atoms with Gasteiger partial charge >= 0.3 is 6.16 Å². The van der Waals surface area contributed by atoms with Crippen LogP contribution < -0.4 is 9.47 Å². The topological polar surface area (TPSA) is 111 Å². The lowest BCUT2D eigenvalue weighted by molar-refractivity contribution is 0.0705. The maximum absolute atomic E-state index is 12.2. The van der Waals surface area contributed by atoms with Crippen molar-refractivity contribution in [2.24, 2.45) is 0 Å². The van der Waals surface area contributed by atoms with Gasteiger partial charge in [0.2, 0.25) is 5.88 Å². The zero-order valence-corrected chi connectivity index (χ0v) is 19.3. The Balaban J connectivity index is 1.74. The van der Waals surface area contributed by atoms with Gasteiger partial charge in [0.15, 0.2) is 0 Å². The number of H-pyrrole nitrogens is 2. The number of hydrogen-bond donors (Lipinski definition) is 2. The third kappa shape index (κ3) is 3.69. The SMILES string of the molecule is COCc1c(OC(=O)OC(C)C)ncc2[nH]c3ccc4nc(-c5ccccc5OC)[nH]c4c3c12. The molecule has 0 saturated heterocycles. The fraction of sp³-hybridized carbons (Fsp3) is 0.240. The largest absolute Gasteiger partial charge is 0.515 e. The molecule has 9 nitrogen and oxygen atoms in total. The van der Waals surface area contributed by atoms with Crippen LogP contribution in [0.25, 0.3) is 44.2 Å². The highest BCUT2D eigenvalue weighted by Crippen LogP contribution is 2.38. The quantitative estimate of drug-likeness (QED) is 0.329. The summed E-state index contributed by atoms with van der Waals surface area (Å²) in [6.45, 7) is 3.69. The highest BCUT2D eigenvalue weighted by Gasteiger charge is 2.21. The summed E-state index contributed by atoms with van der Waals surface area (Å²) in [6.07, 6.45) is 0.507. The molecule has 9 heteroatoms. The predicted octanol–water partition coefficient (Wildman–Crippen LogP) is 5.34. The van der Waals surface area contributed by atoms with Gasteiger partial charge in [-0.3, -0.25) is 0 Å². The molecule has 0 atom stereocenters. The van der Waals surface area contributed by atoms with E-state index >= 15 is 0 Å². The number of carbonyl (C=O) groups excluding carboxylic acids is 1. The van der Waals surface area contributed by atoms with Gasteiger partial charge in [0.25, 0.3) is 0 Å². The van der Waals surface area contributed by atoms with Gasteiger partial charge in [0.1, 0.15) is 11.6 Å². The number of para-hydroxylation sites is 1. The van der Waals surface area contributed by atoms with Crippen molar-refractivity contribution in [2.45, 2.75) is 26.6 Å². The Labute approximate surface area is 195 Å². The van der Waals surface area contributed by atoms with Crippen LogP contribution in [-0.4, -0.2) is 46.4 Å². The van der Waals surface area contributed by atoms with E-state index in [1.54, 1.807) is 34.3 Å². The first-order valence-electron chi connectivity index (χ1n) is 10.8. The molecule has 0 saturated carbocycles. The lowest BCUT2D eigenvalue weighted by atomic mass is 10.1. The van der Waals surface area contributed by atoms with E-state index in [9.17, 15) is 4.79 Å². The van der Waals surface area contributed by atoms with E-state index in [2.05, 4.69) is 15.0 Å². The number of carbonyl (C=O) groups is 1. The van der Waals surface area contributed by atoms with Crippen molar-refractivity contribution in [3.8, 4) is 23.0 Å². The number of pyridine rings is 1. The average molecular weight is 460 g/mol. The molecule has 174 valence electrons. The van der Waals surface area contributed by atoms with Crippen LogP contribution in [0.1, 0.15) is 19.4 Å². The Bertz CT molecular complexity index is 1520. The molecule has 0 fully saturated rings. The molecule has 3 heterocycles. The molecular weight excluding hydrogens is 436 g/mol. The molecule has 5 rings (SSSR count). The number of nitrogens with zero attached hydrogens (tertiary/aromatic N) is 2. The minimum atomic E-state index is -0.816. The number of hydrogen-bond acceptors (Lipinski definition) is 7. The molecule has 0 amide bonds. The Kier molecular flexibility index (Phi) is 5.54. The predicted molar refractivity (Wildman–Crippen MR) is 128 cm³/mol. The summed E-state index contributed by atoms with van der Waals surface area (Å²) in [7, 11) is 3.21. The summed E-state index contributed by atoms with van der Waals surface area (Å²) in [5, 5.41) is 1.73. The van der Waals surface area contributed by atoms with Crippen molar-refractivity contribution in [1.82, 2.24) is 19.9 Å². The van der Waals surface area contributed by atoms with E-state index in [0.29, 0.717) is 11.4 Å². The van der Waals surface area contributed by atoms with E-state index in [4.69, 9.17) is 23.9 Å². The maximum Gasteiger partial charge on any atom is 0.515 e. The molecule has 0 aliphatic rings. The third-order valence-electron chi connectivity index (χ3n) is 5.48. The summed E-state index contributed by atoms with van der Waals surface area (Å²) >= 11 is 0. The molecule has 2 aromatic carbocycles. The zero-order chi connectivity index (χ0) is 23.8. The number of imidazole rings is 1. The second-order valence-corrected chi connectivity index (χ2v) is 8.08. The fourth-order valence-corrected chi connectivity index (χ4v) is 4.13. The number of nitrogens with one attached hydrogen (secondary N) is 2. The number of ether oxygens (including phenoxy) is 4. The molecule has 0 aliphatic carbocycles. The number of aromatic amines is 2. The van der Waals surface area contributed by atoms with Gasteiger partial charge in [-0.1, -0.05) is 12.1 Å². The number of rotatable bonds is 6. The van der Waals surface area contributed by atoms with Gasteiger partial charge in [0, 0.05) is 23.4 Å². The lowest BCUT2D eigenvalue weighted by Crippen LogP contribution is -2.17. The summed E-state index contributed by atoms with van der Waals surface area (Å²) < 4.78 is 21.5. The van der Waals surface area contributed by atoms with Crippen LogP contribution in [0.15, 0.2) is 42.6 Å². The molecule has 3 aromatic heterocycles. The van der Waals surface area contributed by atoms with E-state index in [-0.39, 0.29) is 18.6 Å². The van der Waals surface area contributed by atoms with Gasteiger partial charge in [0.05, 0.1) is 53.7 Å². The Morgan fingerprint density at radius 1 is 1.03 bits per heavy atom. The molecule has 5 aromatic rings. The van der Waals surface area contributed by atoms with Gasteiger partial charge in [-0.15, -0.1) is 0 Å². The van der Waals surface area contributed by atoms with Crippen LogP contribution in [0.2, 0.25) is 0 Å². The minimum absolute atomic E-state index is 0.141. The van der Waals surface area contributed by atoms with Crippen LogP contribution in [0.5, 0.6) is 11.6 Å². The van der Waals surface area contributed by atoms with Crippen LogP contribution >= 0.6 is 0 Å². The zero-order valence-electron chi connectivity index (χ0n) is 19.3. The van der Waals surface area contributed by atoms with Crippen molar-refractivity contribution >= 4 is 39.0 Å². The monoisotopic (exact) mass is 460 g/mol. The van der Waals surface area contributed by atoms with Crippen LogP contribution in [-0.2, 0) is 16.1 Å². The molecule has 2 N–H and O–H groups in total. The second kappa shape index (κ2) is 8.68. The summed E-state index contributed by atoms with van der Waals surface area (Å²) in [5.74, 6) is 1.55. The van der Waals surface area contributed by atoms with E-state index in [1.807, 2.05) is 36.4 Å². The Hall–Kier alpha value is -4.11. The normalized spacial score (nSPS) is 11.6. The first-order valence-corrected chi connectivity index (χ1v) is 10.8. The van der Waals surface area contributed by atoms with Crippen LogP contribution in [0.4, 0.5) is 4.79 Å². The highest BCUT2D eigenvalue weighted by molar-refractivity contribution is 6.20. The van der Waals surface area contributed by atoms with Crippen LogP contribution in [0, 0.1) is 0 Å². The molecule has 0 spiro atoms. The molecule has 0 bridgehead atoms. The number of benzene rings is 2. The lowest BCUT2D eigenvalue weighted by Gasteiger charge is -2.11. The molecule has 34 heavy (non-hydrogen) atoms. The van der Waals surface area contributed by atoms with Crippen molar-refractivity contribution in [3.05, 3.63) is 48.2 Å². The standard InChI is InChI=1S/C25H24N4O5/c1-13(2)33-25(30)34-24-15(12-31-3)20-18(11-26-24)27-16-9-10-17-22(21(16)20)29-23(28-17)14-7-5-6-8-19(14)32-4/h5-11,13,27H,12H2,1-4H3,(H,28,29). The first-order chi connectivity index (χ1) is 16.5. The Morgan fingerprint density at radius 2 is 1.85 bits per heavy atom. The first kappa shape index (κ1) is 21.7. The minimum Gasteiger partial charge on any atom is -0.496 e. The highest BCUT2D eigenvalue weighted by atomic mass is 16.7. The number of fused-ring (bicyclic) bond motifs is 5. The second-order valence-electron chi connectivity index (χ2n) is 8.08. The van der Waals surface area contributed by atoms with Crippen molar-refractivity contribution in [1.29, 1.82) is 0 Å². The molecule has 0 radical (unpaired) electrons. The molecule has 0 aliphatic heterocycles. The third-order valence-corrected chi connectivity index (χ3v) is 5.48. The van der Waals surface area contributed by atoms with Crippen molar-refractivity contribution in [3.63, 3.8) is 0 Å². The Morgan fingerprint density at radius 3 is 2.62 bits per heavy atom. The summed E-state index contributed by atoms with van der Waals surface area (Å²) in [5.41, 5.74) is 4.78. The van der Waals surface area contributed by atoms with Gasteiger partial charge in [-0.25, -0.2) is 14.8 Å². The number of methoxy groups -OCH3 is 2.